The fourth-order valence-electron chi connectivity index (χ4n) is 3.59. The summed E-state index contributed by atoms with van der Waals surface area (Å²) in [5, 5.41) is 3.49. The molecule has 1 aliphatic heterocycles. The first kappa shape index (κ1) is 22.6. The van der Waals surface area contributed by atoms with E-state index >= 15 is 0 Å². The van der Waals surface area contributed by atoms with E-state index < -0.39 is 10.0 Å². The number of piperidine rings is 1. The Balaban J connectivity index is 1.73. The first-order valence-corrected chi connectivity index (χ1v) is 11.9. The van der Waals surface area contributed by atoms with Crippen molar-refractivity contribution in [2.75, 3.05) is 25.5 Å². The van der Waals surface area contributed by atoms with Gasteiger partial charge in [-0.25, -0.2) is 8.42 Å². The zero-order valence-electron chi connectivity index (χ0n) is 17.3. The van der Waals surface area contributed by atoms with E-state index in [0.29, 0.717) is 41.5 Å². The molecule has 0 bridgehead atoms. The van der Waals surface area contributed by atoms with Crippen molar-refractivity contribution in [3.05, 3.63) is 52.5 Å². The highest BCUT2D eigenvalue weighted by atomic mass is 35.5. The molecule has 0 spiro atoms. The van der Waals surface area contributed by atoms with E-state index in [1.807, 2.05) is 6.92 Å². The summed E-state index contributed by atoms with van der Waals surface area (Å²) in [5.74, 6) is 0.412. The Kier molecular flexibility index (Phi) is 7.39. The Morgan fingerprint density at radius 1 is 1.13 bits per heavy atom. The van der Waals surface area contributed by atoms with Crippen molar-refractivity contribution >= 4 is 33.2 Å². The van der Waals surface area contributed by atoms with Gasteiger partial charge in [-0.3, -0.25) is 4.79 Å². The maximum atomic E-state index is 13.0. The third-order valence-electron chi connectivity index (χ3n) is 5.29. The SMILES string of the molecule is COc1ccc(S(=O)(=O)N2CCCCC2)cc1CCC(=O)Nc1ccc(Cl)cc1C. The number of hydrogen-bond donors (Lipinski definition) is 1. The van der Waals surface area contributed by atoms with Gasteiger partial charge in [0.2, 0.25) is 15.9 Å². The molecule has 1 heterocycles. The molecule has 162 valence electrons. The number of nitrogens with zero attached hydrogens (tertiary/aromatic N) is 1. The van der Waals surface area contributed by atoms with E-state index in [2.05, 4.69) is 5.32 Å². The van der Waals surface area contributed by atoms with Crippen molar-refractivity contribution in [2.45, 2.75) is 43.9 Å². The molecule has 0 radical (unpaired) electrons. The van der Waals surface area contributed by atoms with Crippen LogP contribution in [0.4, 0.5) is 5.69 Å². The molecule has 1 aliphatic rings. The highest BCUT2D eigenvalue weighted by molar-refractivity contribution is 7.89. The van der Waals surface area contributed by atoms with E-state index in [1.54, 1.807) is 36.4 Å². The Hall–Kier alpha value is -2.09. The predicted molar refractivity (Wildman–Crippen MR) is 119 cm³/mol. The number of carbonyl (C=O) groups is 1. The highest BCUT2D eigenvalue weighted by Gasteiger charge is 2.26. The quantitative estimate of drug-likeness (QED) is 0.678. The molecule has 2 aromatic carbocycles. The lowest BCUT2D eigenvalue weighted by Crippen LogP contribution is -2.35. The van der Waals surface area contributed by atoms with Gasteiger partial charge >= 0.3 is 0 Å². The number of ether oxygens (including phenoxy) is 1. The van der Waals surface area contributed by atoms with Crippen molar-refractivity contribution < 1.29 is 17.9 Å². The molecule has 0 unspecified atom stereocenters. The zero-order valence-corrected chi connectivity index (χ0v) is 18.9. The van der Waals surface area contributed by atoms with Crippen molar-refractivity contribution in [3.63, 3.8) is 0 Å². The second kappa shape index (κ2) is 9.81. The number of aryl methyl sites for hydroxylation is 2. The highest BCUT2D eigenvalue weighted by Crippen LogP contribution is 2.27. The van der Waals surface area contributed by atoms with E-state index in [4.69, 9.17) is 16.3 Å². The van der Waals surface area contributed by atoms with Crippen molar-refractivity contribution in [1.29, 1.82) is 0 Å². The largest absolute Gasteiger partial charge is 0.496 e. The van der Waals surface area contributed by atoms with Gasteiger partial charge in [-0.1, -0.05) is 18.0 Å². The number of amides is 1. The molecule has 3 rings (SSSR count). The molecule has 0 atom stereocenters. The lowest BCUT2D eigenvalue weighted by atomic mass is 10.1. The number of nitrogens with one attached hydrogen (secondary N) is 1. The number of halogens is 1. The van der Waals surface area contributed by atoms with Crippen LogP contribution in [0.3, 0.4) is 0 Å². The van der Waals surface area contributed by atoms with Crippen LogP contribution < -0.4 is 10.1 Å². The van der Waals surface area contributed by atoms with E-state index in [1.165, 1.54) is 11.4 Å². The van der Waals surface area contributed by atoms with Gasteiger partial charge in [0.25, 0.3) is 0 Å². The molecule has 0 saturated carbocycles. The number of sulfonamides is 1. The summed E-state index contributed by atoms with van der Waals surface area (Å²) in [6.07, 6.45) is 3.39. The van der Waals surface area contributed by atoms with Crippen molar-refractivity contribution in [3.8, 4) is 5.75 Å². The Bertz CT molecular complexity index is 1020. The number of hydrogen-bond acceptors (Lipinski definition) is 4. The van der Waals surface area contributed by atoms with Gasteiger partial charge in [0.1, 0.15) is 5.75 Å². The summed E-state index contributed by atoms with van der Waals surface area (Å²) in [6.45, 7) is 2.97. The van der Waals surface area contributed by atoms with Crippen LogP contribution in [0.5, 0.6) is 5.75 Å². The maximum absolute atomic E-state index is 13.0. The Morgan fingerprint density at radius 3 is 2.53 bits per heavy atom. The number of benzene rings is 2. The summed E-state index contributed by atoms with van der Waals surface area (Å²) in [6, 6.07) is 10.1. The third-order valence-corrected chi connectivity index (χ3v) is 7.42. The molecule has 1 N–H and O–H groups in total. The summed E-state index contributed by atoms with van der Waals surface area (Å²) in [4.78, 5) is 12.7. The van der Waals surface area contributed by atoms with Crippen molar-refractivity contribution in [2.24, 2.45) is 0 Å². The fraction of sp³-hybridized carbons (Fsp3) is 0.409. The number of carbonyl (C=O) groups excluding carboxylic acids is 1. The standard InChI is InChI=1S/C22H27ClN2O4S/c1-16-14-18(23)7-9-20(16)24-22(26)11-6-17-15-19(8-10-21(17)29-2)30(27,28)25-12-4-3-5-13-25/h7-10,14-15H,3-6,11-13H2,1-2H3,(H,24,26). The molecule has 2 aromatic rings. The van der Waals surface area contributed by atoms with Crippen LogP contribution in [-0.4, -0.2) is 38.8 Å². The minimum absolute atomic E-state index is 0.160. The minimum atomic E-state index is -3.54. The van der Waals surface area contributed by atoms with Gasteiger partial charge in [0.15, 0.2) is 0 Å². The lowest BCUT2D eigenvalue weighted by Gasteiger charge is -2.26. The van der Waals surface area contributed by atoms with Crippen molar-refractivity contribution in [1.82, 2.24) is 4.31 Å². The number of rotatable bonds is 7. The zero-order chi connectivity index (χ0) is 21.7. The Morgan fingerprint density at radius 2 is 1.87 bits per heavy atom. The van der Waals surface area contributed by atoms with Crippen LogP contribution >= 0.6 is 11.6 Å². The Labute approximate surface area is 183 Å². The molecule has 1 saturated heterocycles. The van der Waals surface area contributed by atoms with E-state index in [0.717, 1.165) is 24.8 Å². The van der Waals surface area contributed by atoms with E-state index in [-0.39, 0.29) is 17.2 Å². The molecule has 0 aromatic heterocycles. The number of methoxy groups -OCH3 is 1. The monoisotopic (exact) mass is 450 g/mol. The van der Waals surface area contributed by atoms with Gasteiger partial charge in [-0.05, 0) is 73.7 Å². The second-order valence-electron chi connectivity index (χ2n) is 7.45. The molecule has 0 aliphatic carbocycles. The first-order valence-electron chi connectivity index (χ1n) is 10.0. The van der Waals surface area contributed by atoms with Crippen LogP contribution in [0, 0.1) is 6.92 Å². The summed E-state index contributed by atoms with van der Waals surface area (Å²) in [5.41, 5.74) is 2.28. The van der Waals surface area contributed by atoms with Crippen LogP contribution in [0.2, 0.25) is 5.02 Å². The van der Waals surface area contributed by atoms with Gasteiger partial charge in [0.05, 0.1) is 12.0 Å². The third kappa shape index (κ3) is 5.33. The summed E-state index contributed by atoms with van der Waals surface area (Å²) in [7, 11) is -2.01. The van der Waals surface area contributed by atoms with Crippen LogP contribution in [0.25, 0.3) is 0 Å². The summed E-state index contributed by atoms with van der Waals surface area (Å²) >= 11 is 5.96. The van der Waals surface area contributed by atoms with Crippen LogP contribution in [-0.2, 0) is 21.2 Å². The molecule has 30 heavy (non-hydrogen) atoms. The smallest absolute Gasteiger partial charge is 0.243 e. The normalized spacial score (nSPS) is 15.0. The van der Waals surface area contributed by atoms with Crippen LogP contribution in [0.15, 0.2) is 41.3 Å². The molecular weight excluding hydrogens is 424 g/mol. The molecule has 1 amide bonds. The van der Waals surface area contributed by atoms with Gasteiger partial charge in [-0.2, -0.15) is 4.31 Å². The molecule has 6 nitrogen and oxygen atoms in total. The van der Waals surface area contributed by atoms with E-state index in [9.17, 15) is 13.2 Å². The van der Waals surface area contributed by atoms with Gasteiger partial charge < -0.3 is 10.1 Å². The lowest BCUT2D eigenvalue weighted by molar-refractivity contribution is -0.116. The van der Waals surface area contributed by atoms with Gasteiger partial charge in [-0.15, -0.1) is 0 Å². The predicted octanol–water partition coefficient (Wildman–Crippen LogP) is 4.40. The molecular formula is C22H27ClN2O4S. The second-order valence-corrected chi connectivity index (χ2v) is 9.82. The minimum Gasteiger partial charge on any atom is -0.496 e. The summed E-state index contributed by atoms with van der Waals surface area (Å²) < 4.78 is 32.9. The van der Waals surface area contributed by atoms with Crippen LogP contribution in [0.1, 0.15) is 36.8 Å². The maximum Gasteiger partial charge on any atom is 0.243 e. The van der Waals surface area contributed by atoms with Gasteiger partial charge in [0, 0.05) is 30.2 Å². The topological polar surface area (TPSA) is 75.7 Å². The first-order chi connectivity index (χ1) is 14.3. The average molecular weight is 451 g/mol. The molecule has 8 heteroatoms. The average Bonchev–Trinajstić information content (AvgIpc) is 2.74. The number of anilines is 1. The molecule has 1 fully saturated rings. The fourth-order valence-corrected chi connectivity index (χ4v) is 5.39.